The van der Waals surface area contributed by atoms with Crippen LogP contribution in [0.1, 0.15) is 11.1 Å². The van der Waals surface area contributed by atoms with Crippen molar-refractivity contribution >= 4 is 22.3 Å². The number of hydrogen-bond donors (Lipinski definition) is 0. The van der Waals surface area contributed by atoms with Gasteiger partial charge in [0, 0.05) is 6.21 Å². The summed E-state index contributed by atoms with van der Waals surface area (Å²) in [6, 6.07) is 14.0. The van der Waals surface area contributed by atoms with Gasteiger partial charge in [-0.15, -0.1) is 0 Å². The van der Waals surface area contributed by atoms with Gasteiger partial charge in [0.15, 0.2) is 0 Å². The van der Waals surface area contributed by atoms with Crippen molar-refractivity contribution in [3.63, 3.8) is 0 Å². The fraction of sp³-hybridized carbons (Fsp3) is 0.118. The van der Waals surface area contributed by atoms with Gasteiger partial charge in [0.25, 0.3) is 10.0 Å². The second kappa shape index (κ2) is 7.04. The van der Waals surface area contributed by atoms with E-state index in [0.29, 0.717) is 0 Å². The summed E-state index contributed by atoms with van der Waals surface area (Å²) in [5, 5.41) is 0. The molecule has 22 heavy (non-hydrogen) atoms. The molecule has 0 unspecified atom stereocenters. The van der Waals surface area contributed by atoms with Crippen molar-refractivity contribution in [3.8, 4) is 5.75 Å². The normalized spacial score (nSPS) is 12.1. The highest BCUT2D eigenvalue weighted by atomic mass is 32.2. The molecule has 0 amide bonds. The Bertz CT molecular complexity index is 791. The van der Waals surface area contributed by atoms with E-state index in [1.807, 2.05) is 31.2 Å². The summed E-state index contributed by atoms with van der Waals surface area (Å²) in [4.78, 5) is 0.184. The van der Waals surface area contributed by atoms with E-state index in [-0.39, 0.29) is 4.90 Å². The van der Waals surface area contributed by atoms with E-state index in [1.54, 1.807) is 43.5 Å². The van der Waals surface area contributed by atoms with Crippen molar-refractivity contribution in [3.05, 3.63) is 65.7 Å². The van der Waals surface area contributed by atoms with Gasteiger partial charge in [0.1, 0.15) is 5.75 Å². The number of hydrogen-bond acceptors (Lipinski definition) is 3. The SMILES string of the molecule is COc1cccc(/C=C/C=N/S(=O)(=O)c2ccc(C)cc2)c1. The third-order valence-electron chi connectivity index (χ3n) is 2.99. The number of aryl methyl sites for hydroxylation is 1. The Morgan fingerprint density at radius 2 is 1.82 bits per heavy atom. The van der Waals surface area contributed by atoms with Crippen LogP contribution in [0.25, 0.3) is 6.08 Å². The minimum atomic E-state index is -3.65. The minimum absolute atomic E-state index is 0.184. The monoisotopic (exact) mass is 315 g/mol. The molecular formula is C17H17NO3S. The number of rotatable bonds is 5. The third-order valence-corrected chi connectivity index (χ3v) is 4.25. The first-order valence-electron chi connectivity index (χ1n) is 6.69. The summed E-state index contributed by atoms with van der Waals surface area (Å²) >= 11 is 0. The summed E-state index contributed by atoms with van der Waals surface area (Å²) in [6.45, 7) is 1.90. The standard InChI is InChI=1S/C17H17NO3S/c1-14-8-10-17(11-9-14)22(19,20)18-12-4-6-15-5-3-7-16(13-15)21-2/h3-13H,1-2H3/b6-4+,18-12+. The van der Waals surface area contributed by atoms with Gasteiger partial charge >= 0.3 is 0 Å². The first-order chi connectivity index (χ1) is 10.5. The van der Waals surface area contributed by atoms with Crippen molar-refractivity contribution in [2.75, 3.05) is 7.11 Å². The molecule has 2 aromatic rings. The summed E-state index contributed by atoms with van der Waals surface area (Å²) in [7, 11) is -2.06. The molecule has 0 aliphatic heterocycles. The van der Waals surface area contributed by atoms with Crippen LogP contribution in [-0.2, 0) is 10.0 Å². The fourth-order valence-electron chi connectivity index (χ4n) is 1.79. The molecule has 0 aliphatic rings. The van der Waals surface area contributed by atoms with Gasteiger partial charge in [-0.25, -0.2) is 0 Å². The maximum atomic E-state index is 12.0. The Labute approximate surface area is 130 Å². The topological polar surface area (TPSA) is 55.7 Å². The average molecular weight is 315 g/mol. The zero-order valence-corrected chi connectivity index (χ0v) is 13.2. The van der Waals surface area contributed by atoms with Crippen LogP contribution in [0.4, 0.5) is 0 Å². The molecule has 0 aromatic heterocycles. The average Bonchev–Trinajstić information content (AvgIpc) is 2.52. The van der Waals surface area contributed by atoms with E-state index in [0.717, 1.165) is 16.9 Å². The van der Waals surface area contributed by atoms with Gasteiger partial charge in [-0.05, 0) is 42.8 Å². The van der Waals surface area contributed by atoms with E-state index < -0.39 is 10.0 Å². The highest BCUT2D eigenvalue weighted by Crippen LogP contribution is 2.14. The van der Waals surface area contributed by atoms with Crippen molar-refractivity contribution in [1.82, 2.24) is 0 Å². The van der Waals surface area contributed by atoms with Crippen LogP contribution in [0.3, 0.4) is 0 Å². The molecule has 0 N–H and O–H groups in total. The molecule has 0 atom stereocenters. The zero-order chi connectivity index (χ0) is 16.0. The first-order valence-corrected chi connectivity index (χ1v) is 8.13. The quantitative estimate of drug-likeness (QED) is 0.794. The molecule has 0 radical (unpaired) electrons. The van der Waals surface area contributed by atoms with E-state index >= 15 is 0 Å². The lowest BCUT2D eigenvalue weighted by atomic mass is 10.2. The van der Waals surface area contributed by atoms with Crippen LogP contribution in [0.2, 0.25) is 0 Å². The van der Waals surface area contributed by atoms with Gasteiger partial charge in [0.2, 0.25) is 0 Å². The maximum absolute atomic E-state index is 12.0. The number of methoxy groups -OCH3 is 1. The number of benzene rings is 2. The molecule has 0 heterocycles. The Hall–Kier alpha value is -2.40. The van der Waals surface area contributed by atoms with Gasteiger partial charge in [-0.3, -0.25) is 0 Å². The van der Waals surface area contributed by atoms with Crippen LogP contribution in [-0.4, -0.2) is 21.7 Å². The number of sulfonamides is 1. The molecule has 0 saturated carbocycles. The predicted octanol–water partition coefficient (Wildman–Crippen LogP) is 3.48. The largest absolute Gasteiger partial charge is 0.497 e. The van der Waals surface area contributed by atoms with E-state index in [2.05, 4.69) is 4.40 Å². The molecule has 5 heteroatoms. The van der Waals surface area contributed by atoms with E-state index in [9.17, 15) is 8.42 Å². The smallest absolute Gasteiger partial charge is 0.282 e. The predicted molar refractivity (Wildman–Crippen MR) is 88.9 cm³/mol. The molecule has 2 aromatic carbocycles. The third kappa shape index (κ3) is 4.30. The molecule has 114 valence electrons. The van der Waals surface area contributed by atoms with Crippen LogP contribution < -0.4 is 4.74 Å². The second-order valence-corrected chi connectivity index (χ2v) is 6.31. The van der Waals surface area contributed by atoms with Gasteiger partial charge in [-0.2, -0.15) is 12.8 Å². The van der Waals surface area contributed by atoms with Crippen molar-refractivity contribution < 1.29 is 13.2 Å². The molecule has 0 fully saturated rings. The highest BCUT2D eigenvalue weighted by molar-refractivity contribution is 7.90. The number of ether oxygens (including phenoxy) is 1. The van der Waals surface area contributed by atoms with E-state index in [4.69, 9.17) is 4.74 Å². The number of nitrogens with zero attached hydrogens (tertiary/aromatic N) is 1. The minimum Gasteiger partial charge on any atom is -0.497 e. The lowest BCUT2D eigenvalue weighted by Crippen LogP contribution is -1.96. The van der Waals surface area contributed by atoms with Gasteiger partial charge in [-0.1, -0.05) is 35.9 Å². The summed E-state index contributed by atoms with van der Waals surface area (Å²) in [5.74, 6) is 0.742. The Balaban J connectivity index is 2.10. The van der Waals surface area contributed by atoms with Crippen LogP contribution in [0.15, 0.2) is 63.9 Å². The molecule has 2 rings (SSSR count). The van der Waals surface area contributed by atoms with Crippen LogP contribution in [0, 0.1) is 6.92 Å². The van der Waals surface area contributed by atoms with Crippen LogP contribution >= 0.6 is 0 Å². The lowest BCUT2D eigenvalue weighted by Gasteiger charge is -1.99. The van der Waals surface area contributed by atoms with Gasteiger partial charge < -0.3 is 4.74 Å². The number of allylic oxidation sites excluding steroid dienone is 1. The second-order valence-electron chi connectivity index (χ2n) is 4.68. The maximum Gasteiger partial charge on any atom is 0.282 e. The lowest BCUT2D eigenvalue weighted by molar-refractivity contribution is 0.414. The van der Waals surface area contributed by atoms with Crippen LogP contribution in [0.5, 0.6) is 5.75 Å². The van der Waals surface area contributed by atoms with Crippen molar-refractivity contribution in [1.29, 1.82) is 0 Å². The fourth-order valence-corrected chi connectivity index (χ4v) is 2.62. The van der Waals surface area contributed by atoms with Crippen molar-refractivity contribution in [2.24, 2.45) is 4.40 Å². The Kier molecular flexibility index (Phi) is 5.12. The zero-order valence-electron chi connectivity index (χ0n) is 12.4. The summed E-state index contributed by atoms with van der Waals surface area (Å²) in [5.41, 5.74) is 1.90. The molecule has 0 spiro atoms. The molecular weight excluding hydrogens is 298 g/mol. The highest BCUT2D eigenvalue weighted by Gasteiger charge is 2.09. The Morgan fingerprint density at radius 1 is 1.09 bits per heavy atom. The molecule has 4 nitrogen and oxygen atoms in total. The summed E-state index contributed by atoms with van der Waals surface area (Å²) < 4.78 is 32.8. The molecule has 0 bridgehead atoms. The Morgan fingerprint density at radius 3 is 2.50 bits per heavy atom. The first kappa shape index (κ1) is 16.0. The van der Waals surface area contributed by atoms with E-state index in [1.165, 1.54) is 6.21 Å². The van der Waals surface area contributed by atoms with Crippen molar-refractivity contribution in [2.45, 2.75) is 11.8 Å². The summed E-state index contributed by atoms with van der Waals surface area (Å²) in [6.07, 6.45) is 4.62. The molecule has 0 saturated heterocycles. The van der Waals surface area contributed by atoms with Gasteiger partial charge in [0.05, 0.1) is 12.0 Å². The molecule has 0 aliphatic carbocycles.